The summed E-state index contributed by atoms with van der Waals surface area (Å²) in [6, 6.07) is 0. The summed E-state index contributed by atoms with van der Waals surface area (Å²) in [6.45, 7) is 0.715. The summed E-state index contributed by atoms with van der Waals surface area (Å²) in [4.78, 5) is 8.81. The molecule has 4 heteroatoms. The summed E-state index contributed by atoms with van der Waals surface area (Å²) in [5.41, 5.74) is 0. The molecule has 3 N–H and O–H groups in total. The number of carbonyl (C=O) groups excluding carboxylic acids is 1. The molecule has 0 saturated heterocycles. The molecule has 0 aliphatic rings. The maximum absolute atomic E-state index is 8.81. The molecule has 0 radical (unpaired) electrons. The molecular weight excluding hydrogens is 124 g/mol. The average Bonchev–Trinajstić information content (AvgIpc) is 1.88. The highest BCUT2D eigenvalue weighted by atomic mass is 16.3. The van der Waals surface area contributed by atoms with E-state index in [-0.39, 0.29) is 13.2 Å². The maximum atomic E-state index is 8.81. The number of hydrogen-bond acceptors (Lipinski definition) is 4. The molecule has 0 rings (SSSR count). The van der Waals surface area contributed by atoms with Crippen LogP contribution >= 0.6 is 0 Å². The lowest BCUT2D eigenvalue weighted by Crippen LogP contribution is -2.15. The first kappa shape index (κ1) is 11.4. The largest absolute Gasteiger partial charge is 0.394 e. The standard InChI is InChI=1S/C3H8O3.C2H4O/c4-1-3(6)2-5;1-2-3/h3-6H,1-2H2;2H,1H3. The van der Waals surface area contributed by atoms with Crippen molar-refractivity contribution >= 4 is 6.29 Å². The molecule has 0 amide bonds. The van der Waals surface area contributed by atoms with Crippen LogP contribution in [-0.2, 0) is 4.79 Å². The van der Waals surface area contributed by atoms with Crippen LogP contribution in [0.5, 0.6) is 0 Å². The van der Waals surface area contributed by atoms with E-state index >= 15 is 0 Å². The molecule has 0 aromatic rings. The van der Waals surface area contributed by atoms with Gasteiger partial charge in [0.15, 0.2) is 0 Å². The van der Waals surface area contributed by atoms with Gasteiger partial charge < -0.3 is 20.1 Å². The third-order valence-corrected chi connectivity index (χ3v) is 0.421. The van der Waals surface area contributed by atoms with Crippen molar-refractivity contribution in [3.05, 3.63) is 0 Å². The summed E-state index contributed by atoms with van der Waals surface area (Å²) in [7, 11) is 0. The third kappa shape index (κ3) is 18.5. The van der Waals surface area contributed by atoms with Crippen LogP contribution < -0.4 is 0 Å². The van der Waals surface area contributed by atoms with Crippen LogP contribution in [0, 0.1) is 0 Å². The lowest BCUT2D eigenvalue weighted by atomic mass is 10.4. The van der Waals surface area contributed by atoms with Crippen LogP contribution in [0.25, 0.3) is 0 Å². The smallest absolute Gasteiger partial charge is 0.116 e. The molecule has 0 heterocycles. The van der Waals surface area contributed by atoms with Crippen molar-refractivity contribution in [1.82, 2.24) is 0 Å². The van der Waals surface area contributed by atoms with Gasteiger partial charge in [0.2, 0.25) is 0 Å². The van der Waals surface area contributed by atoms with Crippen LogP contribution in [-0.4, -0.2) is 40.9 Å². The molecule has 0 aromatic heterocycles. The van der Waals surface area contributed by atoms with E-state index in [1.165, 1.54) is 6.92 Å². The Hall–Kier alpha value is -0.450. The normalized spacial score (nSPS) is 8.11. The van der Waals surface area contributed by atoms with Crippen molar-refractivity contribution in [3.8, 4) is 0 Å². The summed E-state index contributed by atoms with van der Waals surface area (Å²) in [5, 5.41) is 24.0. The van der Waals surface area contributed by atoms with Gasteiger partial charge in [-0.05, 0) is 6.92 Å². The number of aliphatic hydroxyl groups excluding tert-OH is 3. The molecule has 4 nitrogen and oxygen atoms in total. The fourth-order valence-electron chi connectivity index (χ4n) is 0.0577. The van der Waals surface area contributed by atoms with Crippen molar-refractivity contribution in [2.45, 2.75) is 13.0 Å². The van der Waals surface area contributed by atoms with E-state index in [9.17, 15) is 0 Å². The minimum Gasteiger partial charge on any atom is -0.394 e. The van der Waals surface area contributed by atoms with Gasteiger partial charge in [-0.25, -0.2) is 0 Å². The number of rotatable bonds is 2. The first-order valence-electron chi connectivity index (χ1n) is 2.52. The van der Waals surface area contributed by atoms with E-state index < -0.39 is 6.10 Å². The predicted molar refractivity (Wildman–Crippen MR) is 31.9 cm³/mol. The second-order valence-corrected chi connectivity index (χ2v) is 1.25. The molecule has 0 bridgehead atoms. The second-order valence-electron chi connectivity index (χ2n) is 1.25. The van der Waals surface area contributed by atoms with Crippen LogP contribution in [0.2, 0.25) is 0 Å². The fourth-order valence-corrected chi connectivity index (χ4v) is 0.0577. The molecule has 0 aliphatic heterocycles. The number of carbonyl (C=O) groups is 1. The van der Waals surface area contributed by atoms with Gasteiger partial charge in [0, 0.05) is 0 Å². The maximum Gasteiger partial charge on any atom is 0.116 e. The SMILES string of the molecule is CC=O.OCC(O)CO. The molecule has 0 saturated carbocycles. The second kappa shape index (κ2) is 10.5. The quantitative estimate of drug-likeness (QED) is 0.405. The van der Waals surface area contributed by atoms with Crippen LogP contribution in [0.1, 0.15) is 6.92 Å². The van der Waals surface area contributed by atoms with Crippen LogP contribution in [0.4, 0.5) is 0 Å². The summed E-state index contributed by atoms with van der Waals surface area (Å²) < 4.78 is 0. The molecule has 56 valence electrons. The van der Waals surface area contributed by atoms with Crippen molar-refractivity contribution < 1.29 is 20.1 Å². The Morgan fingerprint density at radius 1 is 1.44 bits per heavy atom. The van der Waals surface area contributed by atoms with Gasteiger partial charge >= 0.3 is 0 Å². The van der Waals surface area contributed by atoms with E-state index in [4.69, 9.17) is 20.1 Å². The predicted octanol–water partition coefficient (Wildman–Crippen LogP) is -1.46. The molecule has 0 fully saturated rings. The molecule has 9 heavy (non-hydrogen) atoms. The van der Waals surface area contributed by atoms with E-state index in [1.807, 2.05) is 0 Å². The Morgan fingerprint density at radius 2 is 1.67 bits per heavy atom. The van der Waals surface area contributed by atoms with Gasteiger partial charge in [0.1, 0.15) is 12.4 Å². The summed E-state index contributed by atoms with van der Waals surface area (Å²) >= 11 is 0. The van der Waals surface area contributed by atoms with Gasteiger partial charge in [-0.1, -0.05) is 0 Å². The Balaban J connectivity index is 0. The van der Waals surface area contributed by atoms with Gasteiger partial charge in [0.05, 0.1) is 13.2 Å². The Labute approximate surface area is 53.7 Å². The van der Waals surface area contributed by atoms with Gasteiger partial charge in [-0.2, -0.15) is 0 Å². The third-order valence-electron chi connectivity index (χ3n) is 0.421. The molecule has 0 aliphatic carbocycles. The summed E-state index contributed by atoms with van der Waals surface area (Å²) in [5.74, 6) is 0. The van der Waals surface area contributed by atoms with E-state index in [0.717, 1.165) is 6.29 Å². The van der Waals surface area contributed by atoms with Crippen LogP contribution in [0.15, 0.2) is 0 Å². The van der Waals surface area contributed by atoms with Crippen molar-refractivity contribution in [2.75, 3.05) is 13.2 Å². The van der Waals surface area contributed by atoms with E-state index in [0.29, 0.717) is 0 Å². The molecule has 0 spiro atoms. The van der Waals surface area contributed by atoms with Gasteiger partial charge in [0.25, 0.3) is 0 Å². The zero-order chi connectivity index (χ0) is 7.70. The van der Waals surface area contributed by atoms with Crippen LogP contribution in [0.3, 0.4) is 0 Å². The number of hydrogen-bond donors (Lipinski definition) is 3. The topological polar surface area (TPSA) is 77.8 Å². The van der Waals surface area contributed by atoms with E-state index in [2.05, 4.69) is 0 Å². The van der Waals surface area contributed by atoms with Gasteiger partial charge in [-0.15, -0.1) is 0 Å². The summed E-state index contributed by atoms with van der Waals surface area (Å²) in [6.07, 6.45) is -0.204. The number of aliphatic hydroxyl groups is 3. The lowest BCUT2D eigenvalue weighted by molar-refractivity contribution is -0.106. The first-order valence-corrected chi connectivity index (χ1v) is 2.52. The first-order chi connectivity index (χ1) is 4.22. The molecular formula is C5H12O4. The Morgan fingerprint density at radius 3 is 1.67 bits per heavy atom. The highest BCUT2D eigenvalue weighted by molar-refractivity contribution is 5.44. The fraction of sp³-hybridized carbons (Fsp3) is 0.800. The minimum atomic E-state index is -0.954. The number of aldehydes is 1. The van der Waals surface area contributed by atoms with Gasteiger partial charge in [-0.3, -0.25) is 0 Å². The monoisotopic (exact) mass is 136 g/mol. The Bertz CT molecular complexity index is 50.9. The molecule has 0 atom stereocenters. The van der Waals surface area contributed by atoms with Crippen molar-refractivity contribution in [3.63, 3.8) is 0 Å². The highest BCUT2D eigenvalue weighted by Gasteiger charge is 1.93. The minimum absolute atomic E-state index is 0.365. The highest BCUT2D eigenvalue weighted by Crippen LogP contribution is 1.71. The molecule has 0 aromatic carbocycles. The average molecular weight is 136 g/mol. The van der Waals surface area contributed by atoms with Crippen molar-refractivity contribution in [2.24, 2.45) is 0 Å². The lowest BCUT2D eigenvalue weighted by Gasteiger charge is -1.96. The Kier molecular flexibility index (Phi) is 13.3. The van der Waals surface area contributed by atoms with E-state index in [1.54, 1.807) is 0 Å². The molecule has 0 unspecified atom stereocenters. The zero-order valence-corrected chi connectivity index (χ0v) is 5.32. The van der Waals surface area contributed by atoms with Crippen molar-refractivity contribution in [1.29, 1.82) is 0 Å². The zero-order valence-electron chi connectivity index (χ0n) is 5.32.